The van der Waals surface area contributed by atoms with Gasteiger partial charge in [-0.25, -0.2) is 0 Å². The number of ether oxygens (including phenoxy) is 1. The molecule has 140 valence electrons. The van der Waals surface area contributed by atoms with E-state index in [0.717, 1.165) is 24.0 Å². The van der Waals surface area contributed by atoms with E-state index in [0.29, 0.717) is 6.61 Å². The summed E-state index contributed by atoms with van der Waals surface area (Å²) in [5, 5.41) is 0. The molecule has 0 amide bonds. The monoisotopic (exact) mass is 459 g/mol. The molecular formula is C22H22BrNOS2. The van der Waals surface area contributed by atoms with Gasteiger partial charge in [-0.05, 0) is 63.0 Å². The van der Waals surface area contributed by atoms with E-state index in [2.05, 4.69) is 83.5 Å². The molecule has 2 nitrogen and oxygen atoms in total. The molecule has 0 atom stereocenters. The Hall–Kier alpha value is -1.11. The van der Waals surface area contributed by atoms with Crippen LogP contribution in [0.25, 0.3) is 21.6 Å². The van der Waals surface area contributed by atoms with Crippen molar-refractivity contribution in [3.8, 4) is 21.6 Å². The zero-order chi connectivity index (χ0) is 18.8. The molecule has 0 aliphatic carbocycles. The topological polar surface area (TPSA) is 12.5 Å². The predicted molar refractivity (Wildman–Crippen MR) is 120 cm³/mol. The second kappa shape index (κ2) is 8.50. The van der Waals surface area contributed by atoms with Gasteiger partial charge in [-0.1, -0.05) is 45.9 Å². The third-order valence-corrected chi connectivity index (χ3v) is 7.29. The van der Waals surface area contributed by atoms with E-state index in [4.69, 9.17) is 4.74 Å². The van der Waals surface area contributed by atoms with Crippen LogP contribution in [0.15, 0.2) is 62.8 Å². The minimum absolute atomic E-state index is 0.684. The molecule has 0 saturated heterocycles. The van der Waals surface area contributed by atoms with Crippen LogP contribution in [0, 0.1) is 0 Å². The summed E-state index contributed by atoms with van der Waals surface area (Å²) in [6.45, 7) is 2.55. The van der Waals surface area contributed by atoms with Crippen LogP contribution in [0.5, 0.6) is 0 Å². The van der Waals surface area contributed by atoms with Crippen LogP contribution in [-0.2, 0) is 11.3 Å². The summed E-state index contributed by atoms with van der Waals surface area (Å²) in [6.07, 6.45) is 1.06. The van der Waals surface area contributed by atoms with Crippen LogP contribution in [0.3, 0.4) is 0 Å². The molecule has 0 N–H and O–H groups in total. The molecule has 0 unspecified atom stereocenters. The van der Waals surface area contributed by atoms with Crippen LogP contribution < -0.4 is 0 Å². The SMILES string of the molecule is CN(C)CCCOCc1cc2c(s1)-c1cc(Br)ccc1Sc1ccccc1-2. The van der Waals surface area contributed by atoms with E-state index in [1.807, 2.05) is 23.1 Å². The fourth-order valence-electron chi connectivity index (χ4n) is 3.23. The first-order chi connectivity index (χ1) is 13.1. The zero-order valence-electron chi connectivity index (χ0n) is 15.5. The van der Waals surface area contributed by atoms with E-state index in [9.17, 15) is 0 Å². The first-order valence-electron chi connectivity index (χ1n) is 9.04. The van der Waals surface area contributed by atoms with Crippen LogP contribution in [0.4, 0.5) is 0 Å². The van der Waals surface area contributed by atoms with Crippen LogP contribution in [0.2, 0.25) is 0 Å². The Morgan fingerprint density at radius 2 is 1.78 bits per heavy atom. The van der Waals surface area contributed by atoms with Gasteiger partial charge in [-0.3, -0.25) is 0 Å². The molecule has 2 heterocycles. The highest BCUT2D eigenvalue weighted by Gasteiger charge is 2.22. The molecule has 4 rings (SSSR count). The van der Waals surface area contributed by atoms with Gasteiger partial charge >= 0.3 is 0 Å². The molecule has 1 aliphatic heterocycles. The maximum absolute atomic E-state index is 5.95. The number of fused-ring (bicyclic) bond motifs is 5. The van der Waals surface area contributed by atoms with Crippen molar-refractivity contribution in [3.63, 3.8) is 0 Å². The fraction of sp³-hybridized carbons (Fsp3) is 0.273. The van der Waals surface area contributed by atoms with Crippen molar-refractivity contribution in [2.45, 2.75) is 22.8 Å². The van der Waals surface area contributed by atoms with Crippen LogP contribution >= 0.6 is 39.0 Å². The lowest BCUT2D eigenvalue weighted by atomic mass is 10.0. The number of benzene rings is 2. The van der Waals surface area contributed by atoms with Crippen molar-refractivity contribution in [1.29, 1.82) is 0 Å². The molecular weight excluding hydrogens is 438 g/mol. The van der Waals surface area contributed by atoms with Gasteiger partial charge in [0.05, 0.1) is 6.61 Å². The Kier molecular flexibility index (Phi) is 6.05. The van der Waals surface area contributed by atoms with Gasteiger partial charge in [0.15, 0.2) is 0 Å². The van der Waals surface area contributed by atoms with Crippen molar-refractivity contribution in [2.24, 2.45) is 0 Å². The van der Waals surface area contributed by atoms with Crippen molar-refractivity contribution in [3.05, 3.63) is 57.9 Å². The van der Waals surface area contributed by atoms with E-state index in [1.54, 1.807) is 0 Å². The lowest BCUT2D eigenvalue weighted by Gasteiger charge is -2.09. The van der Waals surface area contributed by atoms with E-state index < -0.39 is 0 Å². The van der Waals surface area contributed by atoms with Crippen molar-refractivity contribution in [1.82, 2.24) is 4.90 Å². The first-order valence-corrected chi connectivity index (χ1v) is 11.5. The molecule has 5 heteroatoms. The smallest absolute Gasteiger partial charge is 0.0809 e. The first kappa shape index (κ1) is 19.2. The van der Waals surface area contributed by atoms with Crippen molar-refractivity contribution >= 4 is 39.0 Å². The number of halogens is 1. The van der Waals surface area contributed by atoms with Gasteiger partial charge in [0.25, 0.3) is 0 Å². The van der Waals surface area contributed by atoms with Crippen LogP contribution in [0.1, 0.15) is 11.3 Å². The number of rotatable bonds is 6. The van der Waals surface area contributed by atoms with E-state index >= 15 is 0 Å². The summed E-state index contributed by atoms with van der Waals surface area (Å²) in [6, 6.07) is 17.6. The summed E-state index contributed by atoms with van der Waals surface area (Å²) in [5.41, 5.74) is 3.95. The summed E-state index contributed by atoms with van der Waals surface area (Å²) >= 11 is 7.36. The van der Waals surface area contributed by atoms with Gasteiger partial charge in [-0.2, -0.15) is 0 Å². The third-order valence-electron chi connectivity index (χ3n) is 4.50. The molecule has 0 saturated carbocycles. The second-order valence-electron chi connectivity index (χ2n) is 6.90. The molecule has 0 spiro atoms. The quantitative estimate of drug-likeness (QED) is 0.295. The zero-order valence-corrected chi connectivity index (χ0v) is 18.7. The number of hydrogen-bond donors (Lipinski definition) is 0. The maximum Gasteiger partial charge on any atom is 0.0809 e. The van der Waals surface area contributed by atoms with Crippen molar-refractivity contribution < 1.29 is 4.74 Å². The summed E-state index contributed by atoms with van der Waals surface area (Å²) < 4.78 is 7.07. The maximum atomic E-state index is 5.95. The Bertz CT molecular complexity index is 951. The van der Waals surface area contributed by atoms with Crippen LogP contribution in [-0.4, -0.2) is 32.1 Å². The molecule has 0 fully saturated rings. The lowest BCUT2D eigenvalue weighted by molar-refractivity contribution is 0.115. The van der Waals surface area contributed by atoms with E-state index in [-0.39, 0.29) is 0 Å². The minimum Gasteiger partial charge on any atom is -0.376 e. The summed E-state index contributed by atoms with van der Waals surface area (Å²) in [5.74, 6) is 0. The average Bonchev–Trinajstić information content (AvgIpc) is 3.02. The summed E-state index contributed by atoms with van der Waals surface area (Å²) in [7, 11) is 4.20. The standard InChI is InChI=1S/C22H22BrNOS2/c1-24(2)10-5-11-25-14-16-13-18-17-6-3-4-7-20(17)27-21-9-8-15(23)12-19(21)22(18)26-16/h3-4,6-9,12-13H,5,10-11,14H2,1-2H3. The second-order valence-corrected chi connectivity index (χ2v) is 10.0. The van der Waals surface area contributed by atoms with Gasteiger partial charge in [0.1, 0.15) is 0 Å². The van der Waals surface area contributed by atoms with Crippen molar-refractivity contribution in [2.75, 3.05) is 27.2 Å². The Labute approximate surface area is 177 Å². The number of hydrogen-bond acceptors (Lipinski definition) is 4. The number of thiophene rings is 1. The highest BCUT2D eigenvalue weighted by molar-refractivity contribution is 9.10. The Balaban J connectivity index is 1.65. The van der Waals surface area contributed by atoms with Gasteiger partial charge in [0.2, 0.25) is 0 Å². The van der Waals surface area contributed by atoms with E-state index in [1.165, 1.54) is 36.2 Å². The summed E-state index contributed by atoms with van der Waals surface area (Å²) in [4.78, 5) is 7.45. The molecule has 2 aromatic carbocycles. The average molecular weight is 460 g/mol. The normalized spacial score (nSPS) is 12.4. The largest absolute Gasteiger partial charge is 0.376 e. The third kappa shape index (κ3) is 4.33. The van der Waals surface area contributed by atoms with Gasteiger partial charge < -0.3 is 9.64 Å². The van der Waals surface area contributed by atoms with Gasteiger partial charge in [-0.15, -0.1) is 11.3 Å². The molecule has 0 bridgehead atoms. The fourth-order valence-corrected chi connectivity index (χ4v) is 5.88. The highest BCUT2D eigenvalue weighted by atomic mass is 79.9. The minimum atomic E-state index is 0.684. The Morgan fingerprint density at radius 1 is 0.963 bits per heavy atom. The molecule has 27 heavy (non-hydrogen) atoms. The highest BCUT2D eigenvalue weighted by Crippen LogP contribution is 2.51. The molecule has 1 aliphatic rings. The lowest BCUT2D eigenvalue weighted by Crippen LogP contribution is -2.14. The molecule has 3 aromatic rings. The molecule has 1 aromatic heterocycles. The van der Waals surface area contributed by atoms with Gasteiger partial charge in [0, 0.05) is 41.8 Å². The molecule has 0 radical (unpaired) electrons. The predicted octanol–water partition coefficient (Wildman–Crippen LogP) is 6.78. The Morgan fingerprint density at radius 3 is 2.63 bits per heavy atom. The number of nitrogens with zero attached hydrogens (tertiary/aromatic N) is 1.